The highest BCUT2D eigenvalue weighted by atomic mass is 35.5. The van der Waals surface area contributed by atoms with Gasteiger partial charge in [-0.05, 0) is 12.1 Å². The lowest BCUT2D eigenvalue weighted by atomic mass is 10.1. The minimum Gasteiger partial charge on any atom is -0.506 e. The average Bonchev–Trinajstić information content (AvgIpc) is 2.12. The van der Waals surface area contributed by atoms with E-state index in [9.17, 15) is 14.3 Å². The summed E-state index contributed by atoms with van der Waals surface area (Å²) in [5, 5.41) is 17.6. The second-order valence-corrected chi connectivity index (χ2v) is 3.23. The third-order valence-electron chi connectivity index (χ3n) is 1.65. The van der Waals surface area contributed by atoms with Gasteiger partial charge in [-0.15, -0.1) is 0 Å². The number of benzene rings is 1. The number of hydrogen-bond acceptors (Lipinski definition) is 2. The molecule has 0 aliphatic carbocycles. The molecule has 80 valence electrons. The predicted molar refractivity (Wildman–Crippen MR) is 54.4 cm³/mol. The smallest absolute Gasteiger partial charge is 0.307 e. The van der Waals surface area contributed by atoms with Crippen molar-refractivity contribution in [2.45, 2.75) is 6.42 Å². The van der Waals surface area contributed by atoms with Crippen molar-refractivity contribution in [2.75, 3.05) is 0 Å². The Balaban J connectivity index is 2.94. The van der Waals surface area contributed by atoms with E-state index < -0.39 is 11.8 Å². The molecule has 0 aliphatic heterocycles. The molecule has 0 unspecified atom stereocenters. The highest BCUT2D eigenvalue weighted by molar-refractivity contribution is 6.32. The standard InChI is InChI=1S/C10H8ClFO3/c11-8-5-7(12)4-6(10(8)15)2-1-3-9(13)14/h1-2,4-5,15H,3H2,(H,13,14). The lowest BCUT2D eigenvalue weighted by molar-refractivity contribution is -0.135. The fourth-order valence-electron chi connectivity index (χ4n) is 1.000. The van der Waals surface area contributed by atoms with Gasteiger partial charge in [0.1, 0.15) is 11.6 Å². The lowest BCUT2D eigenvalue weighted by Gasteiger charge is -2.01. The van der Waals surface area contributed by atoms with E-state index in [0.717, 1.165) is 12.1 Å². The molecule has 0 aliphatic rings. The number of rotatable bonds is 3. The summed E-state index contributed by atoms with van der Waals surface area (Å²) >= 11 is 5.52. The van der Waals surface area contributed by atoms with Crippen LogP contribution in [0.15, 0.2) is 18.2 Å². The molecule has 0 fully saturated rings. The predicted octanol–water partition coefficient (Wildman–Crippen LogP) is 2.67. The summed E-state index contributed by atoms with van der Waals surface area (Å²) in [5.74, 6) is -1.86. The van der Waals surface area contributed by atoms with E-state index in [4.69, 9.17) is 16.7 Å². The molecule has 0 spiro atoms. The first-order chi connectivity index (χ1) is 7.00. The molecule has 1 aromatic carbocycles. The van der Waals surface area contributed by atoms with E-state index in [1.807, 2.05) is 0 Å². The third-order valence-corrected chi connectivity index (χ3v) is 1.94. The zero-order valence-electron chi connectivity index (χ0n) is 7.58. The van der Waals surface area contributed by atoms with Crippen molar-refractivity contribution < 1.29 is 19.4 Å². The largest absolute Gasteiger partial charge is 0.506 e. The third kappa shape index (κ3) is 3.25. The summed E-state index contributed by atoms with van der Waals surface area (Å²) in [7, 11) is 0. The van der Waals surface area contributed by atoms with Crippen molar-refractivity contribution in [1.82, 2.24) is 0 Å². The van der Waals surface area contributed by atoms with Crippen LogP contribution in [0, 0.1) is 5.82 Å². The van der Waals surface area contributed by atoms with Crippen LogP contribution >= 0.6 is 11.6 Å². The maximum Gasteiger partial charge on any atom is 0.307 e. The van der Waals surface area contributed by atoms with Crippen molar-refractivity contribution in [2.24, 2.45) is 0 Å². The number of halogens is 2. The molecule has 1 aromatic rings. The molecule has 0 radical (unpaired) electrons. The first kappa shape index (κ1) is 11.5. The van der Waals surface area contributed by atoms with Gasteiger partial charge in [-0.2, -0.15) is 0 Å². The van der Waals surface area contributed by atoms with Gasteiger partial charge < -0.3 is 10.2 Å². The maximum absolute atomic E-state index is 12.8. The van der Waals surface area contributed by atoms with Crippen LogP contribution in [0.5, 0.6) is 5.75 Å². The van der Waals surface area contributed by atoms with Crippen LogP contribution in [0.3, 0.4) is 0 Å². The minimum atomic E-state index is -1.01. The van der Waals surface area contributed by atoms with E-state index in [2.05, 4.69) is 0 Å². The maximum atomic E-state index is 12.8. The van der Waals surface area contributed by atoms with E-state index in [1.165, 1.54) is 12.2 Å². The Morgan fingerprint density at radius 3 is 2.80 bits per heavy atom. The minimum absolute atomic E-state index is 0.107. The Labute approximate surface area is 90.4 Å². The summed E-state index contributed by atoms with van der Waals surface area (Å²) in [6.07, 6.45) is 2.40. The Hall–Kier alpha value is -1.55. The average molecular weight is 231 g/mol. The van der Waals surface area contributed by atoms with Gasteiger partial charge in [0.2, 0.25) is 0 Å². The van der Waals surface area contributed by atoms with Crippen LogP contribution in [0.25, 0.3) is 6.08 Å². The fourth-order valence-corrected chi connectivity index (χ4v) is 1.21. The topological polar surface area (TPSA) is 57.5 Å². The van der Waals surface area contributed by atoms with Gasteiger partial charge in [0.15, 0.2) is 0 Å². The van der Waals surface area contributed by atoms with Gasteiger partial charge >= 0.3 is 5.97 Å². The Morgan fingerprint density at radius 1 is 1.53 bits per heavy atom. The summed E-state index contributed by atoms with van der Waals surface area (Å²) in [6.45, 7) is 0. The number of aromatic hydroxyl groups is 1. The molecule has 0 heterocycles. The van der Waals surface area contributed by atoms with E-state index >= 15 is 0 Å². The molecule has 1 rings (SSSR count). The molecule has 2 N–H and O–H groups in total. The van der Waals surface area contributed by atoms with Crippen molar-refractivity contribution in [3.63, 3.8) is 0 Å². The van der Waals surface area contributed by atoms with E-state index in [1.54, 1.807) is 0 Å². The number of carboxylic acid groups (broad SMARTS) is 1. The Morgan fingerprint density at radius 2 is 2.20 bits per heavy atom. The number of phenols is 1. The monoisotopic (exact) mass is 230 g/mol. The van der Waals surface area contributed by atoms with Crippen LogP contribution in [0.1, 0.15) is 12.0 Å². The zero-order valence-corrected chi connectivity index (χ0v) is 8.33. The van der Waals surface area contributed by atoms with Crippen molar-refractivity contribution in [3.8, 4) is 5.75 Å². The van der Waals surface area contributed by atoms with E-state index in [-0.39, 0.29) is 22.8 Å². The number of carboxylic acids is 1. The first-order valence-corrected chi connectivity index (χ1v) is 4.45. The highest BCUT2D eigenvalue weighted by Crippen LogP contribution is 2.29. The summed E-state index contributed by atoms with van der Waals surface area (Å²) in [6, 6.07) is 2.05. The number of carbonyl (C=O) groups is 1. The normalized spacial score (nSPS) is 10.8. The van der Waals surface area contributed by atoms with Crippen LogP contribution in [-0.4, -0.2) is 16.2 Å². The highest BCUT2D eigenvalue weighted by Gasteiger charge is 2.05. The lowest BCUT2D eigenvalue weighted by Crippen LogP contribution is -1.89. The van der Waals surface area contributed by atoms with Gasteiger partial charge in [0.05, 0.1) is 11.4 Å². The van der Waals surface area contributed by atoms with Crippen molar-refractivity contribution >= 4 is 23.6 Å². The van der Waals surface area contributed by atoms with Gasteiger partial charge in [0.25, 0.3) is 0 Å². The zero-order chi connectivity index (χ0) is 11.4. The Kier molecular flexibility index (Phi) is 3.68. The van der Waals surface area contributed by atoms with Crippen LogP contribution < -0.4 is 0 Å². The molecular formula is C10H8ClFO3. The summed E-state index contributed by atoms with van der Waals surface area (Å²) in [4.78, 5) is 10.2. The molecule has 0 aromatic heterocycles. The van der Waals surface area contributed by atoms with Crippen molar-refractivity contribution in [1.29, 1.82) is 0 Å². The van der Waals surface area contributed by atoms with Gasteiger partial charge in [-0.3, -0.25) is 4.79 Å². The summed E-state index contributed by atoms with van der Waals surface area (Å²) < 4.78 is 12.8. The second-order valence-electron chi connectivity index (χ2n) is 2.83. The van der Waals surface area contributed by atoms with Crippen LogP contribution in [0.4, 0.5) is 4.39 Å². The number of aliphatic carboxylic acids is 1. The molecular weight excluding hydrogens is 223 g/mol. The van der Waals surface area contributed by atoms with Crippen LogP contribution in [-0.2, 0) is 4.79 Å². The van der Waals surface area contributed by atoms with Gasteiger partial charge in [-0.25, -0.2) is 4.39 Å². The quantitative estimate of drug-likeness (QED) is 0.839. The van der Waals surface area contributed by atoms with Crippen LogP contribution in [0.2, 0.25) is 5.02 Å². The second kappa shape index (κ2) is 4.79. The molecule has 0 bridgehead atoms. The molecule has 0 atom stereocenters. The fraction of sp³-hybridized carbons (Fsp3) is 0.100. The van der Waals surface area contributed by atoms with Gasteiger partial charge in [-0.1, -0.05) is 23.8 Å². The van der Waals surface area contributed by atoms with Gasteiger partial charge in [0, 0.05) is 5.56 Å². The SMILES string of the molecule is O=C(O)CC=Cc1cc(F)cc(Cl)c1O. The summed E-state index contributed by atoms with van der Waals surface area (Å²) in [5.41, 5.74) is 0.154. The number of hydrogen-bond donors (Lipinski definition) is 2. The Bertz CT molecular complexity index is 415. The molecule has 0 saturated heterocycles. The van der Waals surface area contributed by atoms with E-state index in [0.29, 0.717) is 0 Å². The molecule has 3 nitrogen and oxygen atoms in total. The molecule has 15 heavy (non-hydrogen) atoms. The number of phenolic OH excluding ortho intramolecular Hbond substituents is 1. The molecule has 0 amide bonds. The first-order valence-electron chi connectivity index (χ1n) is 4.07. The molecule has 0 saturated carbocycles. The van der Waals surface area contributed by atoms with Crippen molar-refractivity contribution in [3.05, 3.63) is 34.6 Å². The molecule has 5 heteroatoms.